The number of anilines is 3. The van der Waals surface area contributed by atoms with Gasteiger partial charge in [0.25, 0.3) is 0 Å². The standard InChI is InChI=1S/C56H38N2/c1-4-18-39(19-5-1)55-47-26-10-12-28-49(47)56(50-29-13-11-27-48(50)55)40-32-35-44(36-33-40)57(42-20-6-2-7-21-42)52-30-16-14-24-45(52)41-34-37-54-51(38-41)46-25-15-17-31-53(46)58(54)43-22-8-3-9-23-43/h1-38H. The zero-order chi connectivity index (χ0) is 38.4. The van der Waals surface area contributed by atoms with Crippen molar-refractivity contribution in [2.24, 2.45) is 0 Å². The number of para-hydroxylation sites is 4. The van der Waals surface area contributed by atoms with Crippen molar-refractivity contribution in [2.45, 2.75) is 0 Å². The fourth-order valence-corrected chi connectivity index (χ4v) is 9.05. The number of hydrogen-bond acceptors (Lipinski definition) is 1. The predicted molar refractivity (Wildman–Crippen MR) is 247 cm³/mol. The fourth-order valence-electron chi connectivity index (χ4n) is 9.05. The van der Waals surface area contributed by atoms with Gasteiger partial charge in [0.1, 0.15) is 0 Å². The van der Waals surface area contributed by atoms with Crippen LogP contribution in [0.2, 0.25) is 0 Å². The summed E-state index contributed by atoms with van der Waals surface area (Å²) in [5, 5.41) is 7.50. The lowest BCUT2D eigenvalue weighted by Crippen LogP contribution is -2.11. The second-order valence-corrected chi connectivity index (χ2v) is 14.9. The Morgan fingerprint density at radius 3 is 1.38 bits per heavy atom. The van der Waals surface area contributed by atoms with Gasteiger partial charge in [-0.3, -0.25) is 0 Å². The quantitative estimate of drug-likeness (QED) is 0.148. The molecule has 0 atom stereocenters. The molecule has 272 valence electrons. The van der Waals surface area contributed by atoms with Crippen molar-refractivity contribution in [1.82, 2.24) is 4.57 Å². The number of aromatic nitrogens is 1. The van der Waals surface area contributed by atoms with E-state index in [1.807, 2.05) is 0 Å². The first kappa shape index (κ1) is 33.6. The molecule has 0 unspecified atom stereocenters. The van der Waals surface area contributed by atoms with Gasteiger partial charge in [0, 0.05) is 33.4 Å². The zero-order valence-electron chi connectivity index (χ0n) is 31.8. The molecule has 0 saturated carbocycles. The van der Waals surface area contributed by atoms with Crippen LogP contribution in [0.5, 0.6) is 0 Å². The summed E-state index contributed by atoms with van der Waals surface area (Å²) < 4.78 is 2.37. The van der Waals surface area contributed by atoms with Crippen LogP contribution in [0.1, 0.15) is 0 Å². The Morgan fingerprint density at radius 1 is 0.293 bits per heavy atom. The van der Waals surface area contributed by atoms with Crippen LogP contribution in [0.15, 0.2) is 231 Å². The molecule has 0 fully saturated rings. The predicted octanol–water partition coefficient (Wildman–Crippen LogP) is 15.6. The van der Waals surface area contributed by atoms with Gasteiger partial charge in [-0.15, -0.1) is 0 Å². The van der Waals surface area contributed by atoms with Crippen molar-refractivity contribution in [2.75, 3.05) is 4.90 Å². The second-order valence-electron chi connectivity index (χ2n) is 14.9. The van der Waals surface area contributed by atoms with E-state index in [2.05, 4.69) is 240 Å². The molecule has 0 bridgehead atoms. The Bertz CT molecular complexity index is 3200. The minimum absolute atomic E-state index is 1.10. The molecule has 0 spiro atoms. The third-order valence-electron chi connectivity index (χ3n) is 11.6. The molecule has 1 heterocycles. The van der Waals surface area contributed by atoms with Crippen molar-refractivity contribution in [3.63, 3.8) is 0 Å². The molecule has 2 nitrogen and oxygen atoms in total. The van der Waals surface area contributed by atoms with E-state index in [-0.39, 0.29) is 0 Å². The Labute approximate surface area is 338 Å². The molecule has 11 aromatic rings. The minimum atomic E-state index is 1.10. The molecule has 10 aromatic carbocycles. The van der Waals surface area contributed by atoms with Crippen molar-refractivity contribution in [3.8, 4) is 39.1 Å². The van der Waals surface area contributed by atoms with Gasteiger partial charge < -0.3 is 9.47 Å². The van der Waals surface area contributed by atoms with Crippen LogP contribution in [-0.2, 0) is 0 Å². The van der Waals surface area contributed by atoms with Crippen molar-refractivity contribution in [3.05, 3.63) is 231 Å². The first-order valence-corrected chi connectivity index (χ1v) is 19.9. The first-order chi connectivity index (χ1) is 28.8. The number of hydrogen-bond donors (Lipinski definition) is 0. The summed E-state index contributed by atoms with van der Waals surface area (Å²) in [5.41, 5.74) is 14.2. The van der Waals surface area contributed by atoms with E-state index in [0.29, 0.717) is 0 Å². The molecular weight excluding hydrogens is 701 g/mol. The maximum absolute atomic E-state index is 2.39. The largest absolute Gasteiger partial charge is 0.310 e. The van der Waals surface area contributed by atoms with E-state index >= 15 is 0 Å². The lowest BCUT2D eigenvalue weighted by atomic mass is 9.86. The summed E-state index contributed by atoms with van der Waals surface area (Å²) in [4.78, 5) is 2.39. The highest BCUT2D eigenvalue weighted by atomic mass is 15.1. The van der Waals surface area contributed by atoms with Gasteiger partial charge in [-0.2, -0.15) is 0 Å². The van der Waals surface area contributed by atoms with Crippen LogP contribution in [0, 0.1) is 0 Å². The molecule has 11 rings (SSSR count). The van der Waals surface area contributed by atoms with E-state index in [1.54, 1.807) is 0 Å². The van der Waals surface area contributed by atoms with Crippen LogP contribution in [0.3, 0.4) is 0 Å². The van der Waals surface area contributed by atoms with E-state index in [9.17, 15) is 0 Å². The van der Waals surface area contributed by atoms with E-state index in [0.717, 1.165) is 22.7 Å². The maximum atomic E-state index is 2.39. The van der Waals surface area contributed by atoms with Crippen LogP contribution in [0.25, 0.3) is 82.4 Å². The Morgan fingerprint density at radius 2 is 0.741 bits per heavy atom. The smallest absolute Gasteiger partial charge is 0.0541 e. The molecule has 0 saturated heterocycles. The van der Waals surface area contributed by atoms with E-state index < -0.39 is 0 Å². The van der Waals surface area contributed by atoms with Gasteiger partial charge in [-0.25, -0.2) is 0 Å². The molecule has 0 aliphatic rings. The molecule has 0 radical (unpaired) electrons. The normalized spacial score (nSPS) is 11.4. The monoisotopic (exact) mass is 738 g/mol. The summed E-state index contributed by atoms with van der Waals surface area (Å²) in [5.74, 6) is 0. The molecule has 0 amide bonds. The Hall–Kier alpha value is -7.68. The average molecular weight is 739 g/mol. The van der Waals surface area contributed by atoms with Gasteiger partial charge in [-0.05, 0) is 110 Å². The maximum Gasteiger partial charge on any atom is 0.0541 e. The van der Waals surface area contributed by atoms with Gasteiger partial charge >= 0.3 is 0 Å². The molecule has 0 N–H and O–H groups in total. The lowest BCUT2D eigenvalue weighted by molar-refractivity contribution is 1.18. The summed E-state index contributed by atoms with van der Waals surface area (Å²) >= 11 is 0. The summed E-state index contributed by atoms with van der Waals surface area (Å²) in [6.45, 7) is 0. The van der Waals surface area contributed by atoms with Crippen LogP contribution < -0.4 is 4.90 Å². The van der Waals surface area contributed by atoms with Gasteiger partial charge in [0.2, 0.25) is 0 Å². The summed E-state index contributed by atoms with van der Waals surface area (Å²) in [6, 6.07) is 83.5. The summed E-state index contributed by atoms with van der Waals surface area (Å²) in [6.07, 6.45) is 0. The van der Waals surface area contributed by atoms with Crippen molar-refractivity contribution >= 4 is 60.4 Å². The zero-order valence-corrected chi connectivity index (χ0v) is 31.8. The van der Waals surface area contributed by atoms with Gasteiger partial charge in [-0.1, -0.05) is 170 Å². The molecule has 2 heteroatoms. The highest BCUT2D eigenvalue weighted by Crippen LogP contribution is 2.46. The Kier molecular flexibility index (Phi) is 8.19. The highest BCUT2D eigenvalue weighted by molar-refractivity contribution is 6.21. The molecule has 0 aliphatic carbocycles. The SMILES string of the molecule is c1ccc(-c2c3ccccc3c(-c3ccc(N(c4ccccc4)c4ccccc4-c4ccc5c(c4)c4ccccc4n5-c4ccccc4)cc3)c3ccccc23)cc1. The Balaban J connectivity index is 1.07. The number of fused-ring (bicyclic) bond motifs is 5. The first-order valence-electron chi connectivity index (χ1n) is 19.9. The third-order valence-corrected chi connectivity index (χ3v) is 11.6. The minimum Gasteiger partial charge on any atom is -0.310 e. The van der Waals surface area contributed by atoms with E-state index in [1.165, 1.54) is 76.7 Å². The van der Waals surface area contributed by atoms with Crippen LogP contribution >= 0.6 is 0 Å². The topological polar surface area (TPSA) is 8.17 Å². The van der Waals surface area contributed by atoms with Gasteiger partial charge in [0.05, 0.1) is 16.7 Å². The fraction of sp³-hybridized carbons (Fsp3) is 0. The molecular formula is C56H38N2. The average Bonchev–Trinajstić information content (AvgIpc) is 3.63. The molecule has 1 aromatic heterocycles. The number of benzene rings is 10. The van der Waals surface area contributed by atoms with Gasteiger partial charge in [0.15, 0.2) is 0 Å². The second kappa shape index (κ2) is 14.1. The van der Waals surface area contributed by atoms with Crippen LogP contribution in [0.4, 0.5) is 17.1 Å². The van der Waals surface area contributed by atoms with Crippen molar-refractivity contribution in [1.29, 1.82) is 0 Å². The highest BCUT2D eigenvalue weighted by Gasteiger charge is 2.21. The number of nitrogens with zero attached hydrogens (tertiary/aromatic N) is 2. The lowest BCUT2D eigenvalue weighted by Gasteiger charge is -2.28. The van der Waals surface area contributed by atoms with Crippen LogP contribution in [-0.4, -0.2) is 4.57 Å². The molecule has 58 heavy (non-hydrogen) atoms. The van der Waals surface area contributed by atoms with Crippen molar-refractivity contribution < 1.29 is 0 Å². The third kappa shape index (κ3) is 5.57. The summed E-state index contributed by atoms with van der Waals surface area (Å²) in [7, 11) is 0. The molecule has 0 aliphatic heterocycles. The number of rotatable bonds is 7. The van der Waals surface area contributed by atoms with E-state index in [4.69, 9.17) is 0 Å².